The Hall–Kier alpha value is -0.610. The van der Waals surface area contributed by atoms with Crippen molar-refractivity contribution in [1.29, 1.82) is 0 Å². The zero-order chi connectivity index (χ0) is 9.56. The molecule has 0 rings (SSSR count). The van der Waals surface area contributed by atoms with Crippen LogP contribution < -0.4 is 5.73 Å². The van der Waals surface area contributed by atoms with Crippen LogP contribution in [0.15, 0.2) is 0 Å². The zero-order valence-electron chi connectivity index (χ0n) is 7.62. The monoisotopic (exact) mass is 175 g/mol. The molecule has 12 heavy (non-hydrogen) atoms. The summed E-state index contributed by atoms with van der Waals surface area (Å²) < 4.78 is 4.74. The van der Waals surface area contributed by atoms with Crippen LogP contribution in [-0.4, -0.2) is 30.3 Å². The van der Waals surface area contributed by atoms with Crippen LogP contribution in [0.5, 0.6) is 0 Å². The Kier molecular flexibility index (Phi) is 5.66. The van der Waals surface area contributed by atoms with Crippen LogP contribution in [0, 0.1) is 5.92 Å². The molecule has 0 spiro atoms. The molecule has 4 heteroatoms. The second-order valence-electron chi connectivity index (χ2n) is 3.10. The van der Waals surface area contributed by atoms with Crippen molar-refractivity contribution in [3.05, 3.63) is 0 Å². The van der Waals surface area contributed by atoms with Crippen molar-refractivity contribution < 1.29 is 14.6 Å². The van der Waals surface area contributed by atoms with E-state index in [0.29, 0.717) is 12.5 Å². The van der Waals surface area contributed by atoms with Crippen molar-refractivity contribution in [3.63, 3.8) is 0 Å². The van der Waals surface area contributed by atoms with Gasteiger partial charge in [-0.2, -0.15) is 0 Å². The molecule has 0 saturated heterocycles. The first-order valence-electron chi connectivity index (χ1n) is 4.12. The maximum atomic E-state index is 10.8. The lowest BCUT2D eigenvalue weighted by molar-refractivity contribution is -0.153. The number of ether oxygens (including phenoxy) is 1. The van der Waals surface area contributed by atoms with E-state index in [4.69, 9.17) is 15.6 Å². The zero-order valence-corrected chi connectivity index (χ0v) is 7.62. The number of aliphatic hydroxyl groups is 1. The Morgan fingerprint density at radius 3 is 2.58 bits per heavy atom. The summed E-state index contributed by atoms with van der Waals surface area (Å²) in [7, 11) is 0. The molecule has 1 atom stereocenters. The van der Waals surface area contributed by atoms with Crippen LogP contribution in [0.25, 0.3) is 0 Å². The lowest BCUT2D eigenvalue weighted by Gasteiger charge is -2.09. The third-order valence-corrected chi connectivity index (χ3v) is 1.43. The molecule has 0 amide bonds. The number of aliphatic hydroxyl groups excluding tert-OH is 1. The second-order valence-corrected chi connectivity index (χ2v) is 3.10. The van der Waals surface area contributed by atoms with Gasteiger partial charge >= 0.3 is 5.97 Å². The summed E-state index contributed by atoms with van der Waals surface area (Å²) >= 11 is 0. The number of nitrogens with two attached hydrogens (primary N) is 1. The maximum absolute atomic E-state index is 10.8. The quantitative estimate of drug-likeness (QED) is 0.572. The standard InChI is InChI=1S/C8H17NO3/c1-6(2)3-4-12-8(11)7(10)5-9/h6-7,10H,3-5,9H2,1-2H3/t7-/m0/s1. The summed E-state index contributed by atoms with van der Waals surface area (Å²) in [5.41, 5.74) is 5.05. The van der Waals surface area contributed by atoms with Crippen LogP contribution in [-0.2, 0) is 9.53 Å². The smallest absolute Gasteiger partial charge is 0.336 e. The molecule has 0 aromatic rings. The van der Waals surface area contributed by atoms with Crippen LogP contribution >= 0.6 is 0 Å². The summed E-state index contributed by atoms with van der Waals surface area (Å²) in [5.74, 6) is -0.133. The summed E-state index contributed by atoms with van der Waals surface area (Å²) in [6.45, 7) is 4.34. The highest BCUT2D eigenvalue weighted by Gasteiger charge is 2.13. The molecule has 0 aliphatic heterocycles. The van der Waals surface area contributed by atoms with Crippen molar-refractivity contribution in [3.8, 4) is 0 Å². The minimum atomic E-state index is -1.17. The molecular formula is C8H17NO3. The molecule has 0 aromatic carbocycles. The van der Waals surface area contributed by atoms with Gasteiger partial charge in [0.1, 0.15) is 0 Å². The molecule has 72 valence electrons. The Labute approximate surface area is 72.7 Å². The molecular weight excluding hydrogens is 158 g/mol. The summed E-state index contributed by atoms with van der Waals surface area (Å²) in [5, 5.41) is 8.89. The van der Waals surface area contributed by atoms with Gasteiger partial charge in [0.25, 0.3) is 0 Å². The molecule has 0 radical (unpaired) electrons. The normalized spacial score (nSPS) is 13.1. The van der Waals surface area contributed by atoms with Gasteiger partial charge < -0.3 is 15.6 Å². The van der Waals surface area contributed by atoms with Gasteiger partial charge in [-0.15, -0.1) is 0 Å². The van der Waals surface area contributed by atoms with E-state index in [9.17, 15) is 4.79 Å². The number of carbonyl (C=O) groups excluding carboxylic acids is 1. The Balaban J connectivity index is 3.44. The number of esters is 1. The largest absolute Gasteiger partial charge is 0.464 e. The summed E-state index contributed by atoms with van der Waals surface area (Å²) in [4.78, 5) is 10.8. The van der Waals surface area contributed by atoms with Gasteiger partial charge in [0.05, 0.1) is 6.61 Å². The topological polar surface area (TPSA) is 72.5 Å². The fraction of sp³-hybridized carbons (Fsp3) is 0.875. The van der Waals surface area contributed by atoms with Crippen LogP contribution in [0.4, 0.5) is 0 Å². The molecule has 0 bridgehead atoms. The van der Waals surface area contributed by atoms with E-state index < -0.39 is 12.1 Å². The minimum Gasteiger partial charge on any atom is -0.464 e. The number of hydrogen-bond donors (Lipinski definition) is 2. The Bertz CT molecular complexity index is 136. The lowest BCUT2D eigenvalue weighted by Crippen LogP contribution is -2.31. The average molecular weight is 175 g/mol. The average Bonchev–Trinajstić information content (AvgIpc) is 2.02. The van der Waals surface area contributed by atoms with Crippen molar-refractivity contribution in [2.45, 2.75) is 26.4 Å². The van der Waals surface area contributed by atoms with E-state index in [1.54, 1.807) is 0 Å². The van der Waals surface area contributed by atoms with Gasteiger partial charge in [-0.1, -0.05) is 13.8 Å². The lowest BCUT2D eigenvalue weighted by atomic mass is 10.1. The van der Waals surface area contributed by atoms with Crippen molar-refractivity contribution in [2.24, 2.45) is 11.7 Å². The van der Waals surface area contributed by atoms with Crippen LogP contribution in [0.3, 0.4) is 0 Å². The Morgan fingerprint density at radius 1 is 1.58 bits per heavy atom. The third-order valence-electron chi connectivity index (χ3n) is 1.43. The predicted octanol–water partition coefficient (Wildman–Crippen LogP) is -0.105. The molecule has 0 aromatic heterocycles. The molecule has 0 unspecified atom stereocenters. The van der Waals surface area contributed by atoms with Crippen LogP contribution in [0.1, 0.15) is 20.3 Å². The summed E-state index contributed by atoms with van der Waals surface area (Å²) in [6, 6.07) is 0. The van der Waals surface area contributed by atoms with Gasteiger partial charge in [0.2, 0.25) is 0 Å². The fourth-order valence-corrected chi connectivity index (χ4v) is 0.588. The molecule has 0 saturated carbocycles. The first-order valence-corrected chi connectivity index (χ1v) is 4.12. The van der Waals surface area contributed by atoms with Crippen molar-refractivity contribution >= 4 is 5.97 Å². The van der Waals surface area contributed by atoms with E-state index in [-0.39, 0.29) is 6.54 Å². The first kappa shape index (κ1) is 11.4. The van der Waals surface area contributed by atoms with E-state index in [1.807, 2.05) is 13.8 Å². The van der Waals surface area contributed by atoms with Gasteiger partial charge in [-0.25, -0.2) is 4.79 Å². The van der Waals surface area contributed by atoms with Gasteiger partial charge in [-0.3, -0.25) is 0 Å². The van der Waals surface area contributed by atoms with E-state index in [2.05, 4.69) is 0 Å². The SMILES string of the molecule is CC(C)CCOC(=O)[C@@H](O)CN. The van der Waals surface area contributed by atoms with E-state index >= 15 is 0 Å². The molecule has 0 fully saturated rings. The molecule has 0 heterocycles. The molecule has 0 aliphatic rings. The minimum absolute atomic E-state index is 0.0828. The molecule has 3 N–H and O–H groups in total. The number of hydrogen-bond acceptors (Lipinski definition) is 4. The third kappa shape index (κ3) is 5.09. The molecule has 4 nitrogen and oxygen atoms in total. The van der Waals surface area contributed by atoms with Crippen molar-refractivity contribution in [1.82, 2.24) is 0 Å². The highest BCUT2D eigenvalue weighted by molar-refractivity contribution is 5.74. The second kappa shape index (κ2) is 5.97. The van der Waals surface area contributed by atoms with Crippen molar-refractivity contribution in [2.75, 3.05) is 13.2 Å². The van der Waals surface area contributed by atoms with Crippen LogP contribution in [0.2, 0.25) is 0 Å². The van der Waals surface area contributed by atoms with Gasteiger partial charge in [0.15, 0.2) is 6.10 Å². The van der Waals surface area contributed by atoms with Gasteiger partial charge in [0, 0.05) is 6.54 Å². The Morgan fingerprint density at radius 2 is 2.17 bits per heavy atom. The predicted molar refractivity (Wildman–Crippen MR) is 45.5 cm³/mol. The molecule has 0 aliphatic carbocycles. The van der Waals surface area contributed by atoms with E-state index in [0.717, 1.165) is 6.42 Å². The van der Waals surface area contributed by atoms with E-state index in [1.165, 1.54) is 0 Å². The maximum Gasteiger partial charge on any atom is 0.336 e. The first-order chi connectivity index (χ1) is 5.57. The number of carbonyl (C=O) groups is 1. The number of rotatable bonds is 5. The highest BCUT2D eigenvalue weighted by atomic mass is 16.5. The summed E-state index contributed by atoms with van der Waals surface area (Å²) in [6.07, 6.45) is -0.361. The van der Waals surface area contributed by atoms with Gasteiger partial charge in [-0.05, 0) is 12.3 Å². The fourth-order valence-electron chi connectivity index (χ4n) is 0.588. The highest BCUT2D eigenvalue weighted by Crippen LogP contribution is 1.99.